The van der Waals surface area contributed by atoms with Crippen LogP contribution in [0.3, 0.4) is 0 Å². The zero-order valence-electron chi connectivity index (χ0n) is 3.61. The lowest BCUT2D eigenvalue weighted by Crippen LogP contribution is -1.38. The Morgan fingerprint density at radius 2 is 0.778 bits per heavy atom. The van der Waals surface area contributed by atoms with Gasteiger partial charge in [-0.3, -0.25) is 9.13 Å². The second kappa shape index (κ2) is 11.1. The highest BCUT2D eigenvalue weighted by Gasteiger charge is 1.62. The smallest absolute Gasteiger partial charge is 0.314 e. The minimum atomic E-state index is -3.13. The average Bonchev–Trinajstić information content (AvgIpc) is 1.25. The third-order valence-corrected chi connectivity index (χ3v) is 0. The molecule has 9 heavy (non-hydrogen) atoms. The lowest BCUT2D eigenvalue weighted by Gasteiger charge is -1.61. The number of hydrogen-bond acceptors (Lipinski definition) is 2. The Bertz CT molecular complexity index is 69.1. The Morgan fingerprint density at radius 3 is 0.778 bits per heavy atom. The molecule has 0 atom stereocenters. The highest BCUT2D eigenvalue weighted by molar-refractivity contribution is 7.31. The topological polar surface area (TPSA) is 115 Å². The van der Waals surface area contributed by atoms with Crippen molar-refractivity contribution in [3.8, 4) is 0 Å². The standard InChI is InChI=1S/CH4.2H3O3P/c;2*1-4(2)3/h1H4;2*4H,(H2,1,2,3). The first-order chi connectivity index (χ1) is 3.46. The van der Waals surface area contributed by atoms with E-state index in [1.54, 1.807) is 0 Å². The molecule has 0 aromatic rings. The van der Waals surface area contributed by atoms with Crippen molar-refractivity contribution in [1.29, 1.82) is 0 Å². The first-order valence-corrected chi connectivity index (χ1v) is 3.91. The molecule has 0 heterocycles. The lowest BCUT2D eigenvalue weighted by atomic mass is 12.0. The summed E-state index contributed by atoms with van der Waals surface area (Å²) in [5, 5.41) is 0. The van der Waals surface area contributed by atoms with E-state index in [1.807, 2.05) is 0 Å². The normalized spacial score (nSPS) is 7.78. The summed E-state index contributed by atoms with van der Waals surface area (Å²) >= 11 is 0. The molecule has 4 N–H and O–H groups in total. The van der Waals surface area contributed by atoms with Crippen molar-refractivity contribution in [3.05, 3.63) is 0 Å². The van der Waals surface area contributed by atoms with Crippen LogP contribution in [-0.4, -0.2) is 19.6 Å². The fourth-order valence-electron chi connectivity index (χ4n) is 0. The molecule has 0 aliphatic rings. The summed E-state index contributed by atoms with van der Waals surface area (Å²) in [7, 11) is -6.26. The van der Waals surface area contributed by atoms with E-state index in [-0.39, 0.29) is 7.43 Å². The van der Waals surface area contributed by atoms with E-state index in [9.17, 15) is 0 Å². The molecular weight excluding hydrogens is 170 g/mol. The molecule has 0 spiro atoms. The van der Waals surface area contributed by atoms with Gasteiger partial charge < -0.3 is 19.6 Å². The largest absolute Gasteiger partial charge is 0.326 e. The highest BCUT2D eigenvalue weighted by atomic mass is 31.1. The van der Waals surface area contributed by atoms with Crippen LogP contribution in [0.25, 0.3) is 0 Å². The van der Waals surface area contributed by atoms with E-state index in [4.69, 9.17) is 28.7 Å². The van der Waals surface area contributed by atoms with Crippen LogP contribution in [0.5, 0.6) is 0 Å². The molecule has 0 aromatic carbocycles. The molecule has 60 valence electrons. The third-order valence-electron chi connectivity index (χ3n) is 0. The van der Waals surface area contributed by atoms with Crippen LogP contribution in [0, 0.1) is 0 Å². The van der Waals surface area contributed by atoms with Gasteiger partial charge in [-0.1, -0.05) is 7.43 Å². The number of rotatable bonds is 0. The van der Waals surface area contributed by atoms with Crippen LogP contribution >= 0.6 is 16.5 Å². The van der Waals surface area contributed by atoms with E-state index in [2.05, 4.69) is 0 Å². The molecule has 0 aliphatic carbocycles. The van der Waals surface area contributed by atoms with Crippen molar-refractivity contribution < 1.29 is 28.7 Å². The maximum Gasteiger partial charge on any atom is 0.314 e. The Balaban J connectivity index is -0.0000000720. The Labute approximate surface area is 53.7 Å². The van der Waals surface area contributed by atoms with Gasteiger partial charge in [0.2, 0.25) is 0 Å². The SMILES string of the molecule is C.O=[PH](O)O.O=[PH](O)O. The zero-order chi connectivity index (χ0) is 7.15. The minimum absolute atomic E-state index is 0. The van der Waals surface area contributed by atoms with Gasteiger partial charge in [0.15, 0.2) is 0 Å². The van der Waals surface area contributed by atoms with Crippen molar-refractivity contribution in [2.45, 2.75) is 7.43 Å². The van der Waals surface area contributed by atoms with Crippen molar-refractivity contribution in [2.24, 2.45) is 0 Å². The van der Waals surface area contributed by atoms with Crippen molar-refractivity contribution in [3.63, 3.8) is 0 Å². The first kappa shape index (κ1) is 16.1. The molecule has 0 unspecified atom stereocenters. The zero-order valence-corrected chi connectivity index (χ0v) is 5.61. The fourth-order valence-corrected chi connectivity index (χ4v) is 0. The van der Waals surface area contributed by atoms with E-state index >= 15 is 0 Å². The molecule has 8 heteroatoms. The van der Waals surface area contributed by atoms with Crippen molar-refractivity contribution >= 4 is 16.5 Å². The van der Waals surface area contributed by atoms with Gasteiger partial charge in [-0.05, 0) is 0 Å². The molecule has 6 nitrogen and oxygen atoms in total. The molecule has 0 aromatic heterocycles. The predicted octanol–water partition coefficient (Wildman–Crippen LogP) is -0.643. The molecule has 0 rings (SSSR count). The molecule has 0 aliphatic heterocycles. The molecular formula is CH10O6P2. The fraction of sp³-hybridized carbons (Fsp3) is 1.00. The third kappa shape index (κ3) is 3660. The first-order valence-electron chi connectivity index (χ1n) is 1.30. The van der Waals surface area contributed by atoms with Crippen LogP contribution in [0.15, 0.2) is 0 Å². The predicted molar refractivity (Wildman–Crippen MR) is 33.6 cm³/mol. The molecule has 0 amide bonds. The summed E-state index contributed by atoms with van der Waals surface area (Å²) < 4.78 is 17.5. The quantitative estimate of drug-likeness (QED) is 0.368. The summed E-state index contributed by atoms with van der Waals surface area (Å²) in [5.41, 5.74) is 0. The van der Waals surface area contributed by atoms with Gasteiger partial charge in [0.25, 0.3) is 0 Å². The van der Waals surface area contributed by atoms with E-state index in [1.165, 1.54) is 0 Å². The number of hydrogen-bond donors (Lipinski definition) is 4. The Hall–Kier alpha value is 0.300. The lowest BCUT2D eigenvalue weighted by molar-refractivity contribution is 0.403. The minimum Gasteiger partial charge on any atom is -0.326 e. The van der Waals surface area contributed by atoms with Crippen LogP contribution in [0.2, 0.25) is 0 Å². The van der Waals surface area contributed by atoms with Gasteiger partial charge in [0.1, 0.15) is 0 Å². The summed E-state index contributed by atoms with van der Waals surface area (Å²) in [4.78, 5) is 28.6. The van der Waals surface area contributed by atoms with Crippen LogP contribution < -0.4 is 0 Å². The van der Waals surface area contributed by atoms with Crippen LogP contribution in [0.4, 0.5) is 0 Å². The van der Waals surface area contributed by atoms with E-state index in [0.29, 0.717) is 0 Å². The molecule has 0 saturated carbocycles. The monoisotopic (exact) mass is 180 g/mol. The second-order valence-corrected chi connectivity index (χ2v) is 1.70. The van der Waals surface area contributed by atoms with Crippen molar-refractivity contribution in [2.75, 3.05) is 0 Å². The Morgan fingerprint density at radius 1 is 0.778 bits per heavy atom. The van der Waals surface area contributed by atoms with Gasteiger partial charge in [-0.2, -0.15) is 0 Å². The van der Waals surface area contributed by atoms with Gasteiger partial charge in [-0.15, -0.1) is 0 Å². The van der Waals surface area contributed by atoms with E-state index < -0.39 is 16.5 Å². The van der Waals surface area contributed by atoms with Gasteiger partial charge in [-0.25, -0.2) is 0 Å². The van der Waals surface area contributed by atoms with Gasteiger partial charge >= 0.3 is 16.5 Å². The maximum atomic E-state index is 8.74. The molecule has 0 fully saturated rings. The van der Waals surface area contributed by atoms with Crippen molar-refractivity contribution in [1.82, 2.24) is 0 Å². The van der Waals surface area contributed by atoms with Crippen LogP contribution in [-0.2, 0) is 9.13 Å². The molecule has 0 radical (unpaired) electrons. The summed E-state index contributed by atoms with van der Waals surface area (Å²) in [6.45, 7) is 0. The van der Waals surface area contributed by atoms with Crippen LogP contribution in [0.1, 0.15) is 7.43 Å². The van der Waals surface area contributed by atoms with Gasteiger partial charge in [0, 0.05) is 0 Å². The van der Waals surface area contributed by atoms with Gasteiger partial charge in [0.05, 0.1) is 0 Å². The average molecular weight is 180 g/mol. The molecule has 0 saturated heterocycles. The second-order valence-electron chi connectivity index (χ2n) is 0.565. The highest BCUT2D eigenvalue weighted by Crippen LogP contribution is 1.98. The van der Waals surface area contributed by atoms with E-state index in [0.717, 1.165) is 0 Å². The summed E-state index contributed by atoms with van der Waals surface area (Å²) in [6, 6.07) is 0. The summed E-state index contributed by atoms with van der Waals surface area (Å²) in [6.07, 6.45) is 0. The summed E-state index contributed by atoms with van der Waals surface area (Å²) in [5.74, 6) is 0. The maximum absolute atomic E-state index is 8.74. The molecule has 0 bridgehead atoms. The Kier molecular flexibility index (Phi) is 20.0.